The maximum atomic E-state index is 12.3. The Morgan fingerprint density at radius 3 is 2.57 bits per heavy atom. The Morgan fingerprint density at radius 2 is 1.95 bits per heavy atom. The van der Waals surface area contributed by atoms with Crippen LogP contribution < -0.4 is 0 Å². The van der Waals surface area contributed by atoms with Gasteiger partial charge in [0.05, 0.1) is 5.92 Å². The molecule has 0 aromatic heterocycles. The van der Waals surface area contributed by atoms with E-state index in [0.717, 1.165) is 25.9 Å². The Bertz CT molecular complexity index is 464. The molecular formula is C18H27NO2. The Labute approximate surface area is 128 Å². The van der Waals surface area contributed by atoms with Gasteiger partial charge in [0.25, 0.3) is 0 Å². The van der Waals surface area contributed by atoms with Crippen LogP contribution >= 0.6 is 0 Å². The molecule has 0 amide bonds. The molecule has 0 radical (unpaired) electrons. The lowest BCUT2D eigenvalue weighted by molar-refractivity contribution is -0.162. The third kappa shape index (κ3) is 4.57. The summed E-state index contributed by atoms with van der Waals surface area (Å²) in [6, 6.07) is 10.8. The molecule has 0 spiro atoms. The number of benzene rings is 1. The van der Waals surface area contributed by atoms with E-state index in [2.05, 4.69) is 36.1 Å². The van der Waals surface area contributed by atoms with Crippen LogP contribution in [0.2, 0.25) is 0 Å². The summed E-state index contributed by atoms with van der Waals surface area (Å²) < 4.78 is 5.55. The van der Waals surface area contributed by atoms with E-state index in [0.29, 0.717) is 6.04 Å². The Balaban J connectivity index is 1.99. The average Bonchev–Trinajstić information content (AvgIpc) is 2.46. The van der Waals surface area contributed by atoms with Gasteiger partial charge in [-0.2, -0.15) is 0 Å². The third-order valence-corrected chi connectivity index (χ3v) is 4.02. The third-order valence-electron chi connectivity index (χ3n) is 4.02. The molecule has 1 saturated heterocycles. The van der Waals surface area contributed by atoms with Crippen LogP contribution in [0.15, 0.2) is 30.3 Å². The molecule has 0 N–H and O–H groups in total. The number of carbonyl (C=O) groups is 1. The minimum absolute atomic E-state index is 0.00383. The van der Waals surface area contributed by atoms with Gasteiger partial charge in [-0.25, -0.2) is 0 Å². The van der Waals surface area contributed by atoms with Crippen molar-refractivity contribution in [1.29, 1.82) is 0 Å². The van der Waals surface area contributed by atoms with E-state index in [1.54, 1.807) is 0 Å². The Morgan fingerprint density at radius 1 is 1.29 bits per heavy atom. The summed E-state index contributed by atoms with van der Waals surface area (Å²) in [6.45, 7) is 9.85. The number of nitrogens with zero attached hydrogens (tertiary/aromatic N) is 1. The van der Waals surface area contributed by atoms with Crippen LogP contribution in [0.25, 0.3) is 0 Å². The molecule has 1 aliphatic heterocycles. The number of piperidine rings is 1. The molecule has 1 aliphatic rings. The number of carbonyl (C=O) groups excluding carboxylic acids is 1. The normalized spacial score (nSPS) is 21.8. The first-order valence-electron chi connectivity index (χ1n) is 7.88. The molecule has 1 fully saturated rings. The molecule has 3 heteroatoms. The first-order chi connectivity index (χ1) is 9.87. The van der Waals surface area contributed by atoms with Gasteiger partial charge in [-0.3, -0.25) is 9.69 Å². The van der Waals surface area contributed by atoms with E-state index >= 15 is 0 Å². The van der Waals surface area contributed by atoms with Crippen LogP contribution in [0.3, 0.4) is 0 Å². The smallest absolute Gasteiger partial charge is 0.310 e. The molecule has 1 aromatic rings. The van der Waals surface area contributed by atoms with Gasteiger partial charge in [-0.1, -0.05) is 30.3 Å². The summed E-state index contributed by atoms with van der Waals surface area (Å²) >= 11 is 0. The summed E-state index contributed by atoms with van der Waals surface area (Å²) in [7, 11) is 0. The van der Waals surface area contributed by atoms with Gasteiger partial charge in [-0.05, 0) is 52.6 Å². The molecule has 2 rings (SSSR count). The van der Waals surface area contributed by atoms with Crippen molar-refractivity contribution in [1.82, 2.24) is 4.90 Å². The van der Waals surface area contributed by atoms with E-state index in [1.165, 1.54) is 5.56 Å². The first-order valence-corrected chi connectivity index (χ1v) is 7.88. The Kier molecular flexibility index (Phi) is 5.04. The standard InChI is InChI=1S/C18H27NO2/c1-14(15-9-6-5-7-10-15)19-12-8-11-16(13-19)17(20)21-18(2,3)4/h5-7,9-10,14,16H,8,11-13H2,1-4H3. The van der Waals surface area contributed by atoms with Crippen LogP contribution in [0.1, 0.15) is 52.1 Å². The maximum absolute atomic E-state index is 12.3. The lowest BCUT2D eigenvalue weighted by Gasteiger charge is -2.37. The van der Waals surface area contributed by atoms with Crippen molar-refractivity contribution in [2.45, 2.75) is 52.2 Å². The lowest BCUT2D eigenvalue weighted by atomic mass is 9.95. The van der Waals surface area contributed by atoms with E-state index in [4.69, 9.17) is 4.74 Å². The number of hydrogen-bond acceptors (Lipinski definition) is 3. The quantitative estimate of drug-likeness (QED) is 0.793. The van der Waals surface area contributed by atoms with Crippen molar-refractivity contribution in [3.05, 3.63) is 35.9 Å². The molecule has 2 atom stereocenters. The molecular weight excluding hydrogens is 262 g/mol. The number of rotatable bonds is 3. The number of esters is 1. The summed E-state index contributed by atoms with van der Waals surface area (Å²) in [4.78, 5) is 14.7. The number of ether oxygens (including phenoxy) is 1. The van der Waals surface area contributed by atoms with Crippen LogP contribution in [0.5, 0.6) is 0 Å². The average molecular weight is 289 g/mol. The van der Waals surface area contributed by atoms with Gasteiger partial charge < -0.3 is 4.74 Å². The molecule has 3 nitrogen and oxygen atoms in total. The van der Waals surface area contributed by atoms with Crippen LogP contribution in [0.4, 0.5) is 0 Å². The summed E-state index contributed by atoms with van der Waals surface area (Å²) in [6.07, 6.45) is 1.99. The predicted octanol–water partition coefficient (Wildman–Crippen LogP) is 3.80. The van der Waals surface area contributed by atoms with Crippen LogP contribution in [-0.4, -0.2) is 29.6 Å². The van der Waals surface area contributed by atoms with Crippen molar-refractivity contribution in [3.63, 3.8) is 0 Å². The minimum atomic E-state index is -0.398. The fourth-order valence-corrected chi connectivity index (χ4v) is 2.88. The van der Waals surface area contributed by atoms with Crippen molar-refractivity contribution in [2.75, 3.05) is 13.1 Å². The largest absolute Gasteiger partial charge is 0.460 e. The molecule has 1 aromatic carbocycles. The first kappa shape index (κ1) is 16.0. The monoisotopic (exact) mass is 289 g/mol. The molecule has 21 heavy (non-hydrogen) atoms. The van der Waals surface area contributed by atoms with Crippen molar-refractivity contribution < 1.29 is 9.53 Å². The summed E-state index contributed by atoms with van der Waals surface area (Å²) in [5.41, 5.74) is 0.909. The molecule has 1 heterocycles. The highest BCUT2D eigenvalue weighted by Crippen LogP contribution is 2.27. The second kappa shape index (κ2) is 6.61. The Hall–Kier alpha value is -1.35. The fourth-order valence-electron chi connectivity index (χ4n) is 2.88. The molecule has 0 bridgehead atoms. The second-order valence-corrected chi connectivity index (χ2v) is 6.95. The van der Waals surface area contributed by atoms with Crippen LogP contribution in [-0.2, 0) is 9.53 Å². The van der Waals surface area contributed by atoms with Crippen molar-refractivity contribution in [3.8, 4) is 0 Å². The minimum Gasteiger partial charge on any atom is -0.460 e. The molecule has 0 saturated carbocycles. The number of hydrogen-bond donors (Lipinski definition) is 0. The van der Waals surface area contributed by atoms with Crippen LogP contribution in [0, 0.1) is 5.92 Å². The summed E-state index contributed by atoms with van der Waals surface area (Å²) in [5, 5.41) is 0. The van der Waals surface area contributed by atoms with Gasteiger partial charge in [0.1, 0.15) is 5.60 Å². The lowest BCUT2D eigenvalue weighted by Crippen LogP contribution is -2.42. The van der Waals surface area contributed by atoms with Gasteiger partial charge in [-0.15, -0.1) is 0 Å². The predicted molar refractivity (Wildman–Crippen MR) is 85.0 cm³/mol. The van der Waals surface area contributed by atoms with Gasteiger partial charge in [0.2, 0.25) is 0 Å². The molecule has 2 unspecified atom stereocenters. The van der Waals surface area contributed by atoms with E-state index < -0.39 is 5.60 Å². The number of likely N-dealkylation sites (tertiary alicyclic amines) is 1. The topological polar surface area (TPSA) is 29.5 Å². The zero-order chi connectivity index (χ0) is 15.5. The second-order valence-electron chi connectivity index (χ2n) is 6.95. The fraction of sp³-hybridized carbons (Fsp3) is 0.611. The van der Waals surface area contributed by atoms with Crippen molar-refractivity contribution in [2.24, 2.45) is 5.92 Å². The highest BCUT2D eigenvalue weighted by Gasteiger charge is 2.31. The van der Waals surface area contributed by atoms with Crippen molar-refractivity contribution >= 4 is 5.97 Å². The molecule has 0 aliphatic carbocycles. The van der Waals surface area contributed by atoms with E-state index in [1.807, 2.05) is 26.8 Å². The summed E-state index contributed by atoms with van der Waals surface area (Å²) in [5.74, 6) is -0.0448. The van der Waals surface area contributed by atoms with Gasteiger partial charge >= 0.3 is 5.97 Å². The molecule has 116 valence electrons. The van der Waals surface area contributed by atoms with Gasteiger partial charge in [0, 0.05) is 12.6 Å². The maximum Gasteiger partial charge on any atom is 0.310 e. The highest BCUT2D eigenvalue weighted by molar-refractivity contribution is 5.73. The highest BCUT2D eigenvalue weighted by atomic mass is 16.6. The van der Waals surface area contributed by atoms with E-state index in [9.17, 15) is 4.79 Å². The SMILES string of the molecule is CC(c1ccccc1)N1CCCC(C(=O)OC(C)(C)C)C1. The van der Waals surface area contributed by atoms with Gasteiger partial charge in [0.15, 0.2) is 0 Å². The van der Waals surface area contributed by atoms with E-state index in [-0.39, 0.29) is 11.9 Å². The zero-order valence-corrected chi connectivity index (χ0v) is 13.6. The zero-order valence-electron chi connectivity index (χ0n) is 13.6.